The number of nitriles is 1. The first kappa shape index (κ1) is 17.7. The van der Waals surface area contributed by atoms with E-state index < -0.39 is 30.9 Å². The second kappa shape index (κ2) is 7.25. The van der Waals surface area contributed by atoms with Gasteiger partial charge < -0.3 is 4.90 Å². The van der Waals surface area contributed by atoms with Crippen LogP contribution in [0.15, 0.2) is 30.5 Å². The van der Waals surface area contributed by atoms with E-state index in [9.17, 15) is 22.4 Å². The predicted molar refractivity (Wildman–Crippen MR) is 78.5 cm³/mol. The van der Waals surface area contributed by atoms with Crippen LogP contribution in [0, 0.1) is 17.1 Å². The Kier molecular flexibility index (Phi) is 5.34. The van der Waals surface area contributed by atoms with Gasteiger partial charge in [-0.25, -0.2) is 4.39 Å². The van der Waals surface area contributed by atoms with Gasteiger partial charge in [-0.1, -0.05) is 0 Å². The Morgan fingerprint density at radius 2 is 2.00 bits per heavy atom. The minimum atomic E-state index is -4.41. The number of hydrogen-bond acceptors (Lipinski definition) is 3. The third-order valence-electron chi connectivity index (χ3n) is 3.34. The molecule has 2 aromatic rings. The maximum absolute atomic E-state index is 13.3. The van der Waals surface area contributed by atoms with E-state index in [4.69, 9.17) is 5.26 Å². The van der Waals surface area contributed by atoms with Gasteiger partial charge in [-0.3, -0.25) is 9.78 Å². The molecule has 24 heavy (non-hydrogen) atoms. The van der Waals surface area contributed by atoms with Crippen molar-refractivity contribution >= 4 is 16.8 Å². The number of hydrogen-bond donors (Lipinski definition) is 0. The van der Waals surface area contributed by atoms with Crippen molar-refractivity contribution in [2.75, 3.05) is 13.1 Å². The molecule has 0 aliphatic heterocycles. The van der Waals surface area contributed by atoms with Crippen LogP contribution in [0.5, 0.6) is 0 Å². The van der Waals surface area contributed by atoms with Crippen molar-refractivity contribution in [1.82, 2.24) is 9.88 Å². The summed E-state index contributed by atoms with van der Waals surface area (Å²) in [6.07, 6.45) is -4.43. The van der Waals surface area contributed by atoms with Gasteiger partial charge in [0.1, 0.15) is 5.82 Å². The number of aromatic nitrogens is 1. The molecule has 0 aliphatic carbocycles. The number of fused-ring (bicyclic) bond motifs is 1. The number of halogens is 4. The highest BCUT2D eigenvalue weighted by Gasteiger charge is 2.29. The van der Waals surface area contributed by atoms with Gasteiger partial charge in [-0.2, -0.15) is 18.4 Å². The third kappa shape index (κ3) is 4.65. The fourth-order valence-corrected chi connectivity index (χ4v) is 2.16. The van der Waals surface area contributed by atoms with E-state index in [-0.39, 0.29) is 18.5 Å². The highest BCUT2D eigenvalue weighted by atomic mass is 19.4. The van der Waals surface area contributed by atoms with Crippen LogP contribution in [-0.4, -0.2) is 35.1 Å². The summed E-state index contributed by atoms with van der Waals surface area (Å²) in [6.45, 7) is -0.669. The van der Waals surface area contributed by atoms with Gasteiger partial charge in [0.15, 0.2) is 0 Å². The zero-order chi connectivity index (χ0) is 17.7. The Balaban J connectivity index is 2.25. The van der Waals surface area contributed by atoms with Crippen LogP contribution in [0.3, 0.4) is 0 Å². The maximum Gasteiger partial charge on any atom is 0.390 e. The van der Waals surface area contributed by atoms with Gasteiger partial charge in [-0.15, -0.1) is 0 Å². The molecular weight excluding hydrogens is 326 g/mol. The molecule has 1 heterocycles. The average molecular weight is 339 g/mol. The van der Waals surface area contributed by atoms with Gasteiger partial charge in [0.25, 0.3) is 5.91 Å². The predicted octanol–water partition coefficient (Wildman–Crippen LogP) is 3.68. The van der Waals surface area contributed by atoms with Gasteiger partial charge in [0.05, 0.1) is 30.0 Å². The summed E-state index contributed by atoms with van der Waals surface area (Å²) in [5.41, 5.74) is 0.514. The number of benzene rings is 1. The van der Waals surface area contributed by atoms with Crippen LogP contribution in [-0.2, 0) is 0 Å². The van der Waals surface area contributed by atoms with Crippen molar-refractivity contribution in [2.24, 2.45) is 0 Å². The minimum Gasteiger partial charge on any atom is -0.337 e. The molecule has 0 saturated carbocycles. The van der Waals surface area contributed by atoms with E-state index in [0.717, 1.165) is 4.90 Å². The molecule has 0 unspecified atom stereocenters. The minimum absolute atomic E-state index is 0.0493. The Morgan fingerprint density at radius 1 is 1.25 bits per heavy atom. The molecule has 1 aromatic carbocycles. The zero-order valence-electron chi connectivity index (χ0n) is 12.5. The van der Waals surface area contributed by atoms with E-state index in [1.165, 1.54) is 30.5 Å². The van der Waals surface area contributed by atoms with Crippen molar-refractivity contribution < 1.29 is 22.4 Å². The first-order valence-corrected chi connectivity index (χ1v) is 7.08. The van der Waals surface area contributed by atoms with E-state index in [1.54, 1.807) is 6.07 Å². The van der Waals surface area contributed by atoms with Gasteiger partial charge in [0.2, 0.25) is 0 Å². The van der Waals surface area contributed by atoms with Crippen LogP contribution in [0.4, 0.5) is 17.6 Å². The van der Waals surface area contributed by atoms with Crippen LogP contribution in [0.1, 0.15) is 23.2 Å². The number of amides is 1. The number of carbonyl (C=O) groups excluding carboxylic acids is 1. The molecule has 0 spiro atoms. The summed E-state index contributed by atoms with van der Waals surface area (Å²) in [5.74, 6) is -1.18. The van der Waals surface area contributed by atoms with Crippen molar-refractivity contribution in [2.45, 2.75) is 19.0 Å². The lowest BCUT2D eigenvalue weighted by atomic mass is 10.1. The first-order chi connectivity index (χ1) is 11.3. The number of alkyl halides is 3. The molecule has 0 aliphatic rings. The smallest absolute Gasteiger partial charge is 0.337 e. The number of nitrogens with zero attached hydrogens (tertiary/aromatic N) is 3. The number of carbonyl (C=O) groups is 1. The van der Waals surface area contributed by atoms with E-state index in [0.29, 0.717) is 10.9 Å². The van der Waals surface area contributed by atoms with Crippen LogP contribution >= 0.6 is 0 Å². The lowest BCUT2D eigenvalue weighted by molar-refractivity contribution is -0.136. The SMILES string of the molecule is N#CCCN(CCC(F)(F)F)C(=O)c1cnc2ccc(F)cc2c1. The standard InChI is InChI=1S/C16H13F4N3O/c17-13-2-3-14-11(9-13)8-12(10-22-14)15(24)23(6-1-5-21)7-4-16(18,19)20/h2-3,8-10H,1,4,6-7H2. The Hall–Kier alpha value is -2.69. The molecule has 0 radical (unpaired) electrons. The number of rotatable bonds is 5. The van der Waals surface area contributed by atoms with Crippen molar-refractivity contribution in [3.05, 3.63) is 41.8 Å². The Labute approximate surface area is 135 Å². The average Bonchev–Trinajstić information content (AvgIpc) is 2.52. The summed E-state index contributed by atoms with van der Waals surface area (Å²) in [7, 11) is 0. The summed E-state index contributed by atoms with van der Waals surface area (Å²) < 4.78 is 50.5. The van der Waals surface area contributed by atoms with E-state index in [1.807, 2.05) is 0 Å². The van der Waals surface area contributed by atoms with Gasteiger partial charge in [-0.05, 0) is 24.3 Å². The lowest BCUT2D eigenvalue weighted by Crippen LogP contribution is -2.35. The summed E-state index contributed by atoms with van der Waals surface area (Å²) >= 11 is 0. The van der Waals surface area contributed by atoms with Gasteiger partial charge in [0, 0.05) is 24.7 Å². The molecule has 0 saturated heterocycles. The van der Waals surface area contributed by atoms with Crippen molar-refractivity contribution in [1.29, 1.82) is 5.26 Å². The first-order valence-electron chi connectivity index (χ1n) is 7.08. The molecule has 4 nitrogen and oxygen atoms in total. The molecule has 126 valence electrons. The van der Waals surface area contributed by atoms with Crippen molar-refractivity contribution in [3.63, 3.8) is 0 Å². The Morgan fingerprint density at radius 3 is 2.67 bits per heavy atom. The fraction of sp³-hybridized carbons (Fsp3) is 0.312. The molecule has 2 rings (SSSR count). The summed E-state index contributed by atoms with van der Waals surface area (Å²) in [5, 5.41) is 8.98. The van der Waals surface area contributed by atoms with Gasteiger partial charge >= 0.3 is 6.18 Å². The second-order valence-electron chi connectivity index (χ2n) is 5.13. The molecule has 1 aromatic heterocycles. The molecule has 0 fully saturated rings. The molecule has 8 heteroatoms. The molecular formula is C16H13F4N3O. The van der Waals surface area contributed by atoms with Crippen molar-refractivity contribution in [3.8, 4) is 6.07 Å². The maximum atomic E-state index is 13.3. The molecule has 1 amide bonds. The molecule has 0 N–H and O–H groups in total. The highest BCUT2D eigenvalue weighted by Crippen LogP contribution is 2.21. The Bertz CT molecular complexity index is 783. The topological polar surface area (TPSA) is 57.0 Å². The largest absolute Gasteiger partial charge is 0.390 e. The van der Waals surface area contributed by atoms with Crippen LogP contribution < -0.4 is 0 Å². The number of pyridine rings is 1. The quantitative estimate of drug-likeness (QED) is 0.781. The zero-order valence-corrected chi connectivity index (χ0v) is 12.5. The molecule has 0 bridgehead atoms. The second-order valence-corrected chi connectivity index (χ2v) is 5.13. The highest BCUT2D eigenvalue weighted by molar-refractivity contribution is 5.97. The van der Waals surface area contributed by atoms with E-state index >= 15 is 0 Å². The summed E-state index contributed by atoms with van der Waals surface area (Å²) in [6, 6.07) is 7.03. The van der Waals surface area contributed by atoms with Crippen LogP contribution in [0.25, 0.3) is 10.9 Å². The monoisotopic (exact) mass is 339 g/mol. The summed E-state index contributed by atoms with van der Waals surface area (Å²) in [4.78, 5) is 17.4. The fourth-order valence-electron chi connectivity index (χ4n) is 2.16. The molecule has 0 atom stereocenters. The van der Waals surface area contributed by atoms with E-state index in [2.05, 4.69) is 4.98 Å². The normalized spacial score (nSPS) is 11.3. The third-order valence-corrected chi connectivity index (χ3v) is 3.34. The lowest BCUT2D eigenvalue weighted by Gasteiger charge is -2.22. The van der Waals surface area contributed by atoms with Crippen LogP contribution in [0.2, 0.25) is 0 Å².